The van der Waals surface area contributed by atoms with Crippen molar-refractivity contribution in [2.75, 3.05) is 13.2 Å². The van der Waals surface area contributed by atoms with Gasteiger partial charge in [0.05, 0.1) is 13.0 Å². The minimum atomic E-state index is 0.00115. The van der Waals surface area contributed by atoms with E-state index >= 15 is 0 Å². The molecule has 0 saturated heterocycles. The first-order valence-corrected chi connectivity index (χ1v) is 7.52. The number of rotatable bonds is 7. The van der Waals surface area contributed by atoms with Crippen LogP contribution in [0.2, 0.25) is 0 Å². The Morgan fingerprint density at radius 1 is 1.18 bits per heavy atom. The van der Waals surface area contributed by atoms with Crippen molar-refractivity contribution in [2.45, 2.75) is 26.7 Å². The quantitative estimate of drug-likeness (QED) is 0.855. The van der Waals surface area contributed by atoms with E-state index in [9.17, 15) is 4.79 Å². The number of pyridine rings is 1. The molecule has 0 bridgehead atoms. The molecule has 1 aromatic heterocycles. The van der Waals surface area contributed by atoms with E-state index in [0.29, 0.717) is 19.6 Å². The van der Waals surface area contributed by atoms with Crippen LogP contribution in [0.5, 0.6) is 5.75 Å². The van der Waals surface area contributed by atoms with Crippen molar-refractivity contribution in [1.82, 2.24) is 10.3 Å². The molecule has 4 nitrogen and oxygen atoms in total. The summed E-state index contributed by atoms with van der Waals surface area (Å²) in [6.45, 7) is 5.06. The van der Waals surface area contributed by atoms with Crippen LogP contribution in [0.3, 0.4) is 0 Å². The second-order valence-electron chi connectivity index (χ2n) is 5.22. The molecule has 2 rings (SSSR count). The van der Waals surface area contributed by atoms with Crippen molar-refractivity contribution in [1.29, 1.82) is 0 Å². The number of carbonyl (C=O) groups is 1. The fourth-order valence-corrected chi connectivity index (χ4v) is 2.10. The maximum absolute atomic E-state index is 11.8. The molecular formula is C18H22N2O2. The zero-order valence-corrected chi connectivity index (χ0v) is 13.1. The van der Waals surface area contributed by atoms with Gasteiger partial charge in [-0.25, -0.2) is 0 Å². The van der Waals surface area contributed by atoms with Gasteiger partial charge in [0.1, 0.15) is 5.75 Å². The van der Waals surface area contributed by atoms with Crippen LogP contribution in [-0.4, -0.2) is 24.0 Å². The third-order valence-corrected chi connectivity index (χ3v) is 3.57. The van der Waals surface area contributed by atoms with Crippen LogP contribution >= 0.6 is 0 Å². The SMILES string of the molecule is Cc1cccc(OCCC(=O)NCCc2ccccn2)c1C. The number of carbonyl (C=O) groups excluding carboxylic acids is 1. The molecule has 0 aliphatic heterocycles. The van der Waals surface area contributed by atoms with Crippen LogP contribution in [0.4, 0.5) is 0 Å². The van der Waals surface area contributed by atoms with Crippen LogP contribution in [-0.2, 0) is 11.2 Å². The molecule has 0 aliphatic carbocycles. The third kappa shape index (κ3) is 4.88. The van der Waals surface area contributed by atoms with Gasteiger partial charge in [0, 0.05) is 24.9 Å². The summed E-state index contributed by atoms with van der Waals surface area (Å²) in [5, 5.41) is 2.88. The molecule has 0 atom stereocenters. The molecular weight excluding hydrogens is 276 g/mol. The molecule has 1 amide bonds. The van der Waals surface area contributed by atoms with Gasteiger partial charge < -0.3 is 10.1 Å². The van der Waals surface area contributed by atoms with Crippen LogP contribution in [0.15, 0.2) is 42.6 Å². The number of aryl methyl sites for hydroxylation is 1. The number of aromatic nitrogens is 1. The summed E-state index contributed by atoms with van der Waals surface area (Å²) in [5.74, 6) is 0.850. The van der Waals surface area contributed by atoms with Gasteiger partial charge in [0.2, 0.25) is 5.91 Å². The second kappa shape index (κ2) is 8.17. The number of amides is 1. The highest BCUT2D eigenvalue weighted by molar-refractivity contribution is 5.75. The van der Waals surface area contributed by atoms with Gasteiger partial charge in [-0.2, -0.15) is 0 Å². The van der Waals surface area contributed by atoms with E-state index in [4.69, 9.17) is 4.74 Å². The summed E-state index contributed by atoms with van der Waals surface area (Å²) >= 11 is 0. The molecule has 1 N–H and O–H groups in total. The standard InChI is InChI=1S/C18H22N2O2/c1-14-6-5-8-17(15(14)2)22-13-10-18(21)20-12-9-16-7-3-4-11-19-16/h3-8,11H,9-10,12-13H2,1-2H3,(H,20,21). The Labute approximate surface area is 131 Å². The van der Waals surface area contributed by atoms with E-state index in [2.05, 4.69) is 10.3 Å². The molecule has 2 aromatic rings. The van der Waals surface area contributed by atoms with Crippen LogP contribution in [0.25, 0.3) is 0 Å². The molecule has 0 aliphatic rings. The largest absolute Gasteiger partial charge is 0.493 e. The zero-order valence-electron chi connectivity index (χ0n) is 13.1. The van der Waals surface area contributed by atoms with Gasteiger partial charge >= 0.3 is 0 Å². The lowest BCUT2D eigenvalue weighted by molar-refractivity contribution is -0.121. The van der Waals surface area contributed by atoms with Gasteiger partial charge in [0.25, 0.3) is 0 Å². The molecule has 0 spiro atoms. The summed E-state index contributed by atoms with van der Waals surface area (Å²) in [5.41, 5.74) is 3.30. The topological polar surface area (TPSA) is 51.2 Å². The van der Waals surface area contributed by atoms with Crippen molar-refractivity contribution in [3.8, 4) is 5.75 Å². The molecule has 1 aromatic carbocycles. The summed E-state index contributed by atoms with van der Waals surface area (Å²) in [6, 6.07) is 11.7. The first kappa shape index (κ1) is 16.0. The molecule has 0 unspecified atom stereocenters. The van der Waals surface area contributed by atoms with Crippen LogP contribution in [0, 0.1) is 13.8 Å². The molecule has 0 saturated carbocycles. The Morgan fingerprint density at radius 3 is 2.82 bits per heavy atom. The summed E-state index contributed by atoms with van der Waals surface area (Å²) < 4.78 is 5.68. The Hall–Kier alpha value is -2.36. The predicted octanol–water partition coefficient (Wildman–Crippen LogP) is 2.83. The van der Waals surface area contributed by atoms with E-state index < -0.39 is 0 Å². The molecule has 0 radical (unpaired) electrons. The van der Waals surface area contributed by atoms with Crippen molar-refractivity contribution in [3.05, 3.63) is 59.4 Å². The van der Waals surface area contributed by atoms with Gasteiger partial charge in [0.15, 0.2) is 0 Å². The number of hydrogen-bond donors (Lipinski definition) is 1. The van der Waals surface area contributed by atoms with E-state index in [1.54, 1.807) is 6.20 Å². The smallest absolute Gasteiger partial charge is 0.223 e. The van der Waals surface area contributed by atoms with Crippen LogP contribution in [0.1, 0.15) is 23.2 Å². The highest BCUT2D eigenvalue weighted by Gasteiger charge is 2.04. The second-order valence-corrected chi connectivity index (χ2v) is 5.22. The fourth-order valence-electron chi connectivity index (χ4n) is 2.10. The lowest BCUT2D eigenvalue weighted by Gasteiger charge is -2.11. The monoisotopic (exact) mass is 298 g/mol. The highest BCUT2D eigenvalue weighted by Crippen LogP contribution is 2.20. The Balaban J connectivity index is 1.66. The van der Waals surface area contributed by atoms with Gasteiger partial charge in [-0.05, 0) is 43.2 Å². The average Bonchev–Trinajstić information content (AvgIpc) is 2.52. The zero-order chi connectivity index (χ0) is 15.8. The number of benzene rings is 1. The van der Waals surface area contributed by atoms with Crippen molar-refractivity contribution in [2.24, 2.45) is 0 Å². The fraction of sp³-hybridized carbons (Fsp3) is 0.333. The van der Waals surface area contributed by atoms with Crippen molar-refractivity contribution < 1.29 is 9.53 Å². The third-order valence-electron chi connectivity index (χ3n) is 3.57. The maximum Gasteiger partial charge on any atom is 0.223 e. The number of nitrogens with one attached hydrogen (secondary N) is 1. The van der Waals surface area contributed by atoms with Crippen molar-refractivity contribution in [3.63, 3.8) is 0 Å². The van der Waals surface area contributed by atoms with Crippen molar-refractivity contribution >= 4 is 5.91 Å². The maximum atomic E-state index is 11.8. The minimum absolute atomic E-state index is 0.00115. The Kier molecular flexibility index (Phi) is 5.95. The first-order valence-electron chi connectivity index (χ1n) is 7.52. The lowest BCUT2D eigenvalue weighted by Crippen LogP contribution is -2.27. The average molecular weight is 298 g/mol. The van der Waals surface area contributed by atoms with Crippen LogP contribution < -0.4 is 10.1 Å². The van der Waals surface area contributed by atoms with E-state index in [-0.39, 0.29) is 5.91 Å². The van der Waals surface area contributed by atoms with Gasteiger partial charge in [-0.1, -0.05) is 18.2 Å². The normalized spacial score (nSPS) is 10.3. The Bertz CT molecular complexity index is 612. The number of hydrogen-bond acceptors (Lipinski definition) is 3. The number of nitrogens with zero attached hydrogens (tertiary/aromatic N) is 1. The summed E-state index contributed by atoms with van der Waals surface area (Å²) in [6.07, 6.45) is 2.86. The first-order chi connectivity index (χ1) is 10.7. The molecule has 4 heteroatoms. The van der Waals surface area contributed by atoms with E-state index in [1.807, 2.05) is 50.2 Å². The van der Waals surface area contributed by atoms with E-state index in [1.165, 1.54) is 5.56 Å². The van der Waals surface area contributed by atoms with Gasteiger partial charge in [-0.3, -0.25) is 9.78 Å². The molecule has 22 heavy (non-hydrogen) atoms. The number of ether oxygens (including phenoxy) is 1. The lowest BCUT2D eigenvalue weighted by atomic mass is 10.1. The molecule has 1 heterocycles. The summed E-state index contributed by atoms with van der Waals surface area (Å²) in [4.78, 5) is 16.0. The highest BCUT2D eigenvalue weighted by atomic mass is 16.5. The predicted molar refractivity (Wildman–Crippen MR) is 87.0 cm³/mol. The van der Waals surface area contributed by atoms with Gasteiger partial charge in [-0.15, -0.1) is 0 Å². The summed E-state index contributed by atoms with van der Waals surface area (Å²) in [7, 11) is 0. The van der Waals surface area contributed by atoms with E-state index in [0.717, 1.165) is 23.4 Å². The Morgan fingerprint density at radius 2 is 2.05 bits per heavy atom. The minimum Gasteiger partial charge on any atom is -0.493 e. The molecule has 116 valence electrons. The molecule has 0 fully saturated rings.